The van der Waals surface area contributed by atoms with Crippen molar-refractivity contribution in [1.29, 1.82) is 0 Å². The Morgan fingerprint density at radius 3 is 2.64 bits per heavy atom. The first kappa shape index (κ1) is 18.1. The van der Waals surface area contributed by atoms with Gasteiger partial charge in [-0.25, -0.2) is 8.42 Å². The molecule has 1 amide bonds. The van der Waals surface area contributed by atoms with Crippen LogP contribution in [0.25, 0.3) is 0 Å². The van der Waals surface area contributed by atoms with E-state index in [0.29, 0.717) is 13.0 Å². The van der Waals surface area contributed by atoms with E-state index in [0.717, 1.165) is 10.4 Å². The van der Waals surface area contributed by atoms with E-state index in [9.17, 15) is 18.3 Å². The number of carbonyl (C=O) groups is 1. The molecule has 1 N–H and O–H groups in total. The van der Waals surface area contributed by atoms with Crippen LogP contribution in [0.4, 0.5) is 0 Å². The molecule has 0 bridgehead atoms. The summed E-state index contributed by atoms with van der Waals surface area (Å²) < 4.78 is 25.1. The Hall–Kier alpha value is -1.70. The predicted molar refractivity (Wildman–Crippen MR) is 98.2 cm³/mol. The van der Waals surface area contributed by atoms with Crippen LogP contribution in [-0.4, -0.2) is 49.3 Å². The Labute approximate surface area is 151 Å². The number of aliphatic hydroxyl groups is 1. The van der Waals surface area contributed by atoms with E-state index in [1.54, 1.807) is 0 Å². The number of hydrogen-bond donors (Lipinski definition) is 1. The third-order valence-corrected chi connectivity index (χ3v) is 7.71. The van der Waals surface area contributed by atoms with E-state index in [1.165, 1.54) is 16.2 Å². The molecule has 1 aromatic carbocycles. The van der Waals surface area contributed by atoms with Gasteiger partial charge in [-0.1, -0.05) is 36.4 Å². The van der Waals surface area contributed by atoms with Crippen LogP contribution in [0, 0.1) is 0 Å². The summed E-state index contributed by atoms with van der Waals surface area (Å²) in [7, 11) is -3.30. The molecule has 134 valence electrons. The van der Waals surface area contributed by atoms with Crippen LogP contribution in [0.5, 0.6) is 0 Å². The van der Waals surface area contributed by atoms with E-state index >= 15 is 0 Å². The Balaban J connectivity index is 1.68. The normalized spacial score (nSPS) is 21.5. The highest BCUT2D eigenvalue weighted by Gasteiger charge is 2.34. The standard InChI is InChI=1S/C18H21NO4S2/c20-15(13-14-5-2-1-3-6-14)18(21)19-9-8-17(16-7-4-11-24-16)25(22,23)12-10-19/h1-7,11,15,17,20H,8-10,12-13H2/t15-,17-/m0/s1. The van der Waals surface area contributed by atoms with Gasteiger partial charge in [0, 0.05) is 24.4 Å². The average molecular weight is 380 g/mol. The number of rotatable bonds is 4. The van der Waals surface area contributed by atoms with Gasteiger partial charge in [-0.3, -0.25) is 4.79 Å². The van der Waals surface area contributed by atoms with Crippen molar-refractivity contribution in [2.45, 2.75) is 24.2 Å². The second-order valence-electron chi connectivity index (χ2n) is 6.19. The van der Waals surface area contributed by atoms with Gasteiger partial charge in [-0.2, -0.15) is 0 Å². The second-order valence-corrected chi connectivity index (χ2v) is 9.47. The summed E-state index contributed by atoms with van der Waals surface area (Å²) in [5, 5.41) is 11.6. The lowest BCUT2D eigenvalue weighted by Crippen LogP contribution is -2.41. The summed E-state index contributed by atoms with van der Waals surface area (Å²) >= 11 is 1.43. The number of aliphatic hydroxyl groups excluding tert-OH is 1. The Morgan fingerprint density at radius 2 is 1.96 bits per heavy atom. The van der Waals surface area contributed by atoms with Crippen molar-refractivity contribution >= 4 is 27.1 Å². The highest BCUT2D eigenvalue weighted by atomic mass is 32.2. The number of hydrogen-bond acceptors (Lipinski definition) is 5. The number of thiophene rings is 1. The van der Waals surface area contributed by atoms with Crippen LogP contribution >= 0.6 is 11.3 Å². The molecule has 25 heavy (non-hydrogen) atoms. The number of nitrogens with zero attached hydrogens (tertiary/aromatic N) is 1. The minimum Gasteiger partial charge on any atom is -0.383 e. The van der Waals surface area contributed by atoms with Crippen molar-refractivity contribution in [2.24, 2.45) is 0 Å². The van der Waals surface area contributed by atoms with Crippen LogP contribution in [0.2, 0.25) is 0 Å². The lowest BCUT2D eigenvalue weighted by atomic mass is 10.1. The van der Waals surface area contributed by atoms with Gasteiger partial charge in [0.25, 0.3) is 5.91 Å². The maximum Gasteiger partial charge on any atom is 0.251 e. The molecule has 1 saturated heterocycles. The lowest BCUT2D eigenvalue weighted by Gasteiger charge is -2.23. The first-order chi connectivity index (χ1) is 12.0. The Morgan fingerprint density at radius 1 is 1.20 bits per heavy atom. The molecular weight excluding hydrogens is 358 g/mol. The topological polar surface area (TPSA) is 74.7 Å². The zero-order valence-electron chi connectivity index (χ0n) is 13.7. The molecule has 0 aliphatic carbocycles. The van der Waals surface area contributed by atoms with Gasteiger partial charge >= 0.3 is 0 Å². The van der Waals surface area contributed by atoms with Crippen molar-refractivity contribution < 1.29 is 18.3 Å². The summed E-state index contributed by atoms with van der Waals surface area (Å²) in [5.41, 5.74) is 0.877. The lowest BCUT2D eigenvalue weighted by molar-refractivity contribution is -0.139. The molecule has 0 unspecified atom stereocenters. The fourth-order valence-electron chi connectivity index (χ4n) is 3.09. The molecule has 2 heterocycles. The van der Waals surface area contributed by atoms with Crippen molar-refractivity contribution in [3.05, 3.63) is 58.3 Å². The van der Waals surface area contributed by atoms with E-state index in [-0.39, 0.29) is 18.7 Å². The summed E-state index contributed by atoms with van der Waals surface area (Å²) in [4.78, 5) is 14.8. The molecule has 0 saturated carbocycles. The minimum atomic E-state index is -3.30. The third kappa shape index (κ3) is 4.29. The average Bonchev–Trinajstić information content (AvgIpc) is 3.06. The summed E-state index contributed by atoms with van der Waals surface area (Å²) in [5.74, 6) is -0.467. The molecule has 1 aromatic heterocycles. The maximum atomic E-state index is 12.5. The summed E-state index contributed by atoms with van der Waals surface area (Å²) in [6.45, 7) is 0.474. The van der Waals surface area contributed by atoms with Crippen LogP contribution in [0.15, 0.2) is 47.8 Å². The predicted octanol–water partition coefficient (Wildman–Crippen LogP) is 2.04. The summed E-state index contributed by atoms with van der Waals surface area (Å²) in [6.07, 6.45) is -0.549. The fourth-order valence-corrected chi connectivity index (χ4v) is 6.10. The maximum absolute atomic E-state index is 12.5. The van der Waals surface area contributed by atoms with E-state index < -0.39 is 27.1 Å². The van der Waals surface area contributed by atoms with Gasteiger partial charge in [0.05, 0.1) is 11.0 Å². The minimum absolute atomic E-state index is 0.0701. The third-order valence-electron chi connectivity index (χ3n) is 4.47. The van der Waals surface area contributed by atoms with Crippen LogP contribution in [0.1, 0.15) is 22.1 Å². The SMILES string of the molecule is O=C([C@@H](O)Cc1ccccc1)N1CC[C@@H](c2cccs2)S(=O)(=O)CC1. The number of sulfone groups is 1. The highest BCUT2D eigenvalue weighted by Crippen LogP contribution is 2.32. The van der Waals surface area contributed by atoms with Gasteiger partial charge in [-0.15, -0.1) is 11.3 Å². The van der Waals surface area contributed by atoms with Gasteiger partial charge in [0.15, 0.2) is 9.84 Å². The monoisotopic (exact) mass is 379 g/mol. The smallest absolute Gasteiger partial charge is 0.251 e. The Bertz CT molecular complexity index is 803. The number of amides is 1. The van der Waals surface area contributed by atoms with Gasteiger partial charge in [0.2, 0.25) is 0 Å². The van der Waals surface area contributed by atoms with E-state index in [1.807, 2.05) is 47.8 Å². The zero-order valence-corrected chi connectivity index (χ0v) is 15.4. The Kier molecular flexibility index (Phi) is 5.56. The molecule has 2 aromatic rings. The fraction of sp³-hybridized carbons (Fsp3) is 0.389. The molecule has 0 radical (unpaired) electrons. The summed E-state index contributed by atoms with van der Waals surface area (Å²) in [6, 6.07) is 13.0. The van der Waals surface area contributed by atoms with Crippen molar-refractivity contribution in [1.82, 2.24) is 4.90 Å². The van der Waals surface area contributed by atoms with Crippen LogP contribution < -0.4 is 0 Å². The molecule has 1 aliphatic rings. The molecule has 1 fully saturated rings. The largest absolute Gasteiger partial charge is 0.383 e. The molecular formula is C18H21NO4S2. The first-order valence-corrected chi connectivity index (χ1v) is 10.8. The molecule has 3 rings (SSSR count). The molecule has 5 nitrogen and oxygen atoms in total. The molecule has 0 spiro atoms. The van der Waals surface area contributed by atoms with E-state index in [2.05, 4.69) is 0 Å². The number of carbonyl (C=O) groups excluding carboxylic acids is 1. The van der Waals surface area contributed by atoms with Gasteiger partial charge < -0.3 is 10.0 Å². The zero-order chi connectivity index (χ0) is 17.9. The quantitative estimate of drug-likeness (QED) is 0.882. The van der Waals surface area contributed by atoms with Crippen LogP contribution in [-0.2, 0) is 21.1 Å². The molecule has 7 heteroatoms. The van der Waals surface area contributed by atoms with Crippen molar-refractivity contribution in [2.75, 3.05) is 18.8 Å². The molecule has 1 aliphatic heterocycles. The number of benzene rings is 1. The van der Waals surface area contributed by atoms with Gasteiger partial charge in [-0.05, 0) is 23.4 Å². The highest BCUT2D eigenvalue weighted by molar-refractivity contribution is 7.91. The first-order valence-electron chi connectivity index (χ1n) is 8.23. The van der Waals surface area contributed by atoms with Crippen molar-refractivity contribution in [3.63, 3.8) is 0 Å². The molecule has 2 atom stereocenters. The second kappa shape index (κ2) is 7.68. The van der Waals surface area contributed by atoms with Crippen molar-refractivity contribution in [3.8, 4) is 0 Å². The van der Waals surface area contributed by atoms with Gasteiger partial charge in [0.1, 0.15) is 6.10 Å². The van der Waals surface area contributed by atoms with Crippen LogP contribution in [0.3, 0.4) is 0 Å². The van der Waals surface area contributed by atoms with E-state index in [4.69, 9.17) is 0 Å².